The van der Waals surface area contributed by atoms with Crippen molar-refractivity contribution in [2.45, 2.75) is 25.4 Å². The normalized spacial score (nSPS) is 17.0. The molecule has 1 heterocycles. The monoisotopic (exact) mass is 390 g/mol. The number of nitrogens with two attached hydrogens (primary N) is 2. The molecule has 0 aromatic heterocycles. The minimum atomic E-state index is -0.743. The molecule has 2 aromatic rings. The third-order valence-electron chi connectivity index (χ3n) is 4.60. The number of halogens is 2. The van der Waals surface area contributed by atoms with Crippen LogP contribution in [-0.4, -0.2) is 29.3 Å². The summed E-state index contributed by atoms with van der Waals surface area (Å²) in [6.07, 6.45) is 1.68. The summed E-state index contributed by atoms with van der Waals surface area (Å²) >= 11 is 5.81. The predicted molar refractivity (Wildman–Crippen MR) is 103 cm³/mol. The van der Waals surface area contributed by atoms with Crippen LogP contribution in [0.25, 0.3) is 0 Å². The Bertz CT molecular complexity index is 890. The first-order valence-corrected chi connectivity index (χ1v) is 8.91. The molecular formula is C19H20ClFN4O2. The van der Waals surface area contributed by atoms with Gasteiger partial charge in [-0.3, -0.25) is 14.5 Å². The zero-order chi connectivity index (χ0) is 19.6. The van der Waals surface area contributed by atoms with Crippen molar-refractivity contribution in [3.8, 4) is 0 Å². The Hall–Kier alpha value is -2.64. The number of rotatable bonds is 5. The molecule has 0 spiro atoms. The van der Waals surface area contributed by atoms with Gasteiger partial charge >= 0.3 is 0 Å². The van der Waals surface area contributed by atoms with Crippen LogP contribution >= 0.6 is 11.6 Å². The first kappa shape index (κ1) is 19.1. The van der Waals surface area contributed by atoms with Crippen molar-refractivity contribution in [1.29, 1.82) is 0 Å². The van der Waals surface area contributed by atoms with Crippen molar-refractivity contribution in [3.63, 3.8) is 0 Å². The largest absolute Gasteiger partial charge is 0.396 e. The van der Waals surface area contributed by atoms with E-state index in [4.69, 9.17) is 23.1 Å². The van der Waals surface area contributed by atoms with E-state index in [1.54, 1.807) is 18.2 Å². The molecule has 0 saturated carbocycles. The van der Waals surface area contributed by atoms with Gasteiger partial charge in [-0.2, -0.15) is 0 Å². The second kappa shape index (κ2) is 7.94. The fourth-order valence-corrected chi connectivity index (χ4v) is 3.50. The third-order valence-corrected chi connectivity index (χ3v) is 4.82. The average Bonchev–Trinajstić information content (AvgIpc) is 3.06. The maximum absolute atomic E-state index is 13.7. The number of nitrogens with zero attached hydrogens (tertiary/aromatic N) is 1. The van der Waals surface area contributed by atoms with E-state index in [1.807, 2.05) is 11.0 Å². The van der Waals surface area contributed by atoms with Gasteiger partial charge in [-0.1, -0.05) is 23.7 Å². The fourth-order valence-electron chi connectivity index (χ4n) is 3.29. The Morgan fingerprint density at radius 3 is 2.81 bits per heavy atom. The van der Waals surface area contributed by atoms with Crippen LogP contribution < -0.4 is 16.8 Å². The number of amides is 2. The summed E-state index contributed by atoms with van der Waals surface area (Å²) in [4.78, 5) is 26.0. The Labute approximate surface area is 161 Å². The molecule has 2 amide bonds. The lowest BCUT2D eigenvalue weighted by Gasteiger charge is -2.22. The van der Waals surface area contributed by atoms with Gasteiger partial charge in [0.2, 0.25) is 5.91 Å². The van der Waals surface area contributed by atoms with Crippen LogP contribution in [-0.2, 0) is 11.3 Å². The molecule has 0 aliphatic carbocycles. The summed E-state index contributed by atoms with van der Waals surface area (Å²) in [5, 5.41) is 2.79. The maximum Gasteiger partial charge on any atom is 0.257 e. The van der Waals surface area contributed by atoms with Crippen LogP contribution in [0.15, 0.2) is 36.4 Å². The van der Waals surface area contributed by atoms with Crippen LogP contribution in [0.2, 0.25) is 5.02 Å². The molecule has 1 unspecified atom stereocenters. The van der Waals surface area contributed by atoms with Gasteiger partial charge in [-0.05, 0) is 49.2 Å². The second-order valence-electron chi connectivity index (χ2n) is 6.53. The second-order valence-corrected chi connectivity index (χ2v) is 6.97. The quantitative estimate of drug-likeness (QED) is 0.683. The Balaban J connectivity index is 1.74. The van der Waals surface area contributed by atoms with Crippen LogP contribution in [0.1, 0.15) is 28.8 Å². The first-order valence-electron chi connectivity index (χ1n) is 8.53. The molecule has 142 valence electrons. The molecule has 27 heavy (non-hydrogen) atoms. The Morgan fingerprint density at radius 2 is 2.07 bits per heavy atom. The average molecular weight is 391 g/mol. The van der Waals surface area contributed by atoms with Crippen LogP contribution in [0.3, 0.4) is 0 Å². The van der Waals surface area contributed by atoms with E-state index in [2.05, 4.69) is 5.32 Å². The number of hydrogen-bond acceptors (Lipinski definition) is 4. The highest BCUT2D eigenvalue weighted by Gasteiger charge is 2.28. The van der Waals surface area contributed by atoms with Crippen molar-refractivity contribution in [3.05, 3.63) is 58.4 Å². The van der Waals surface area contributed by atoms with Crippen molar-refractivity contribution in [1.82, 2.24) is 4.90 Å². The lowest BCUT2D eigenvalue weighted by Crippen LogP contribution is -2.39. The minimum absolute atomic E-state index is 0.0289. The van der Waals surface area contributed by atoms with Gasteiger partial charge in [0, 0.05) is 17.3 Å². The minimum Gasteiger partial charge on any atom is -0.396 e. The standard InChI is InChI=1S/C19H20ClFN4O2/c20-12-8-14(17(22)15(21)9-12)19(27)24-13-4-1-3-11(7-13)10-25-6-2-5-16(25)18(23)26/h1,3-4,7-9,16H,2,5-6,10,22H2,(H2,23,26)(H,24,27). The van der Waals surface area contributed by atoms with E-state index in [-0.39, 0.29) is 28.2 Å². The highest BCUT2D eigenvalue weighted by molar-refractivity contribution is 6.31. The summed E-state index contributed by atoms with van der Waals surface area (Å²) in [5.74, 6) is -1.62. The molecule has 1 atom stereocenters. The van der Waals surface area contributed by atoms with E-state index >= 15 is 0 Å². The molecule has 5 N–H and O–H groups in total. The van der Waals surface area contributed by atoms with Gasteiger partial charge in [-0.25, -0.2) is 4.39 Å². The number of nitrogens with one attached hydrogen (secondary N) is 1. The van der Waals surface area contributed by atoms with Crippen LogP contribution in [0, 0.1) is 5.82 Å². The summed E-state index contributed by atoms with van der Waals surface area (Å²) in [5.41, 5.74) is 12.3. The zero-order valence-electron chi connectivity index (χ0n) is 14.5. The lowest BCUT2D eigenvalue weighted by atomic mass is 10.1. The van der Waals surface area contributed by atoms with Gasteiger partial charge in [0.1, 0.15) is 5.82 Å². The van der Waals surface area contributed by atoms with E-state index in [9.17, 15) is 14.0 Å². The van der Waals surface area contributed by atoms with E-state index in [0.717, 1.165) is 31.0 Å². The van der Waals surface area contributed by atoms with Gasteiger partial charge < -0.3 is 16.8 Å². The molecule has 3 rings (SSSR count). The van der Waals surface area contributed by atoms with Gasteiger partial charge in [0.15, 0.2) is 0 Å². The number of nitrogen functional groups attached to an aromatic ring is 1. The number of benzene rings is 2. The summed E-state index contributed by atoms with van der Waals surface area (Å²) in [6, 6.07) is 9.32. The molecule has 1 fully saturated rings. The summed E-state index contributed by atoms with van der Waals surface area (Å²) < 4.78 is 13.7. The van der Waals surface area contributed by atoms with Crippen molar-refractivity contribution in [2.75, 3.05) is 17.6 Å². The molecule has 1 saturated heterocycles. The molecule has 1 aliphatic heterocycles. The molecule has 0 bridgehead atoms. The number of carbonyl (C=O) groups excluding carboxylic acids is 2. The van der Waals surface area contributed by atoms with Crippen molar-refractivity contribution >= 4 is 34.8 Å². The first-order chi connectivity index (χ1) is 12.8. The number of carbonyl (C=O) groups is 2. The van der Waals surface area contributed by atoms with Crippen LogP contribution in [0.4, 0.5) is 15.8 Å². The van der Waals surface area contributed by atoms with E-state index < -0.39 is 11.7 Å². The number of likely N-dealkylation sites (tertiary alicyclic amines) is 1. The van der Waals surface area contributed by atoms with Crippen LogP contribution in [0.5, 0.6) is 0 Å². The maximum atomic E-state index is 13.7. The lowest BCUT2D eigenvalue weighted by molar-refractivity contribution is -0.122. The van der Waals surface area contributed by atoms with Gasteiger partial charge in [-0.15, -0.1) is 0 Å². The molecule has 0 radical (unpaired) electrons. The highest BCUT2D eigenvalue weighted by Crippen LogP contribution is 2.24. The third kappa shape index (κ3) is 4.37. The number of hydrogen-bond donors (Lipinski definition) is 3. The number of primary amides is 1. The smallest absolute Gasteiger partial charge is 0.257 e. The van der Waals surface area contributed by atoms with Gasteiger partial charge in [0.05, 0.1) is 17.3 Å². The summed E-state index contributed by atoms with van der Waals surface area (Å²) in [6.45, 7) is 1.34. The fraction of sp³-hybridized carbons (Fsp3) is 0.263. The van der Waals surface area contributed by atoms with E-state index in [1.165, 1.54) is 6.07 Å². The molecule has 8 heteroatoms. The topological polar surface area (TPSA) is 101 Å². The molecular weight excluding hydrogens is 371 g/mol. The SMILES string of the molecule is NC(=O)C1CCCN1Cc1cccc(NC(=O)c2cc(Cl)cc(F)c2N)c1. The molecule has 2 aromatic carbocycles. The number of anilines is 2. The van der Waals surface area contributed by atoms with Crippen molar-refractivity contribution < 1.29 is 14.0 Å². The summed E-state index contributed by atoms with van der Waals surface area (Å²) in [7, 11) is 0. The van der Waals surface area contributed by atoms with Gasteiger partial charge in [0.25, 0.3) is 5.91 Å². The molecule has 6 nitrogen and oxygen atoms in total. The molecule has 1 aliphatic rings. The zero-order valence-corrected chi connectivity index (χ0v) is 15.3. The van der Waals surface area contributed by atoms with Crippen molar-refractivity contribution in [2.24, 2.45) is 5.73 Å². The Kier molecular flexibility index (Phi) is 5.62. The Morgan fingerprint density at radius 1 is 1.30 bits per heavy atom. The van der Waals surface area contributed by atoms with E-state index in [0.29, 0.717) is 12.2 Å². The highest BCUT2D eigenvalue weighted by atomic mass is 35.5. The predicted octanol–water partition coefficient (Wildman–Crippen LogP) is 2.76.